The molecule has 1 saturated heterocycles. The quantitative estimate of drug-likeness (QED) is 0.742. The van der Waals surface area contributed by atoms with E-state index in [1.165, 1.54) is 4.90 Å². The Kier molecular flexibility index (Phi) is 3.09. The van der Waals surface area contributed by atoms with Crippen LogP contribution in [0.1, 0.15) is 0 Å². The number of amides is 1. The fraction of sp³-hybridized carbons (Fsp3) is 0.444. The molecule has 1 amide bonds. The lowest BCUT2D eigenvalue weighted by Crippen LogP contribution is -2.48. The first-order valence-electron chi connectivity index (χ1n) is 4.88. The number of anilines is 1. The number of hydrogen-bond acceptors (Lipinski definition) is 4. The molecule has 2 rings (SSSR count). The summed E-state index contributed by atoms with van der Waals surface area (Å²) in [6.07, 6.45) is 0.709. The Labute approximate surface area is 97.5 Å². The molecule has 1 fully saturated rings. The molecule has 16 heavy (non-hydrogen) atoms. The van der Waals surface area contributed by atoms with Crippen LogP contribution in [0.4, 0.5) is 10.7 Å². The number of hydrogen-bond donors (Lipinski definition) is 1. The van der Waals surface area contributed by atoms with Crippen molar-refractivity contribution in [3.8, 4) is 0 Å². The molecule has 0 unspecified atom stereocenters. The zero-order chi connectivity index (χ0) is 11.5. The average molecular weight is 243 g/mol. The summed E-state index contributed by atoms with van der Waals surface area (Å²) in [5.41, 5.74) is 0. The highest BCUT2D eigenvalue weighted by atomic mass is 35.5. The van der Waals surface area contributed by atoms with Gasteiger partial charge >= 0.3 is 6.09 Å². The van der Waals surface area contributed by atoms with Gasteiger partial charge in [0.25, 0.3) is 0 Å². The number of rotatable bonds is 1. The monoisotopic (exact) mass is 242 g/mol. The van der Waals surface area contributed by atoms with Gasteiger partial charge in [0.1, 0.15) is 5.15 Å². The number of nitrogens with zero attached hydrogens (tertiary/aromatic N) is 4. The molecule has 2 heterocycles. The highest BCUT2D eigenvalue weighted by Crippen LogP contribution is 2.13. The lowest BCUT2D eigenvalue weighted by Gasteiger charge is -2.32. The van der Waals surface area contributed by atoms with Crippen molar-refractivity contribution in [2.75, 3.05) is 31.1 Å². The summed E-state index contributed by atoms with van der Waals surface area (Å²) in [6.45, 7) is 2.11. The van der Waals surface area contributed by atoms with Gasteiger partial charge in [0, 0.05) is 32.4 Å². The normalized spacial score (nSPS) is 16.3. The summed E-state index contributed by atoms with van der Waals surface area (Å²) >= 11 is 5.76. The van der Waals surface area contributed by atoms with Crippen LogP contribution in [0.25, 0.3) is 0 Å². The van der Waals surface area contributed by atoms with Gasteiger partial charge in [-0.05, 0) is 6.07 Å². The third kappa shape index (κ3) is 2.33. The van der Waals surface area contributed by atoms with E-state index < -0.39 is 6.09 Å². The topological polar surface area (TPSA) is 69.6 Å². The van der Waals surface area contributed by atoms with Crippen LogP contribution in [0.15, 0.2) is 12.3 Å². The molecule has 1 N–H and O–H groups in total. The highest BCUT2D eigenvalue weighted by molar-refractivity contribution is 6.29. The van der Waals surface area contributed by atoms with Crippen molar-refractivity contribution in [3.05, 3.63) is 17.4 Å². The number of aromatic nitrogens is 2. The number of piperazine rings is 1. The van der Waals surface area contributed by atoms with Gasteiger partial charge in [-0.25, -0.2) is 14.8 Å². The largest absolute Gasteiger partial charge is 0.465 e. The first kappa shape index (κ1) is 10.9. The molecule has 0 aromatic carbocycles. The van der Waals surface area contributed by atoms with Crippen LogP contribution in [-0.4, -0.2) is 52.2 Å². The molecular formula is C9H11ClN4O2. The molecule has 0 spiro atoms. The molecule has 1 aromatic heterocycles. The van der Waals surface area contributed by atoms with Gasteiger partial charge in [0.2, 0.25) is 5.95 Å². The smallest absolute Gasteiger partial charge is 0.407 e. The minimum Gasteiger partial charge on any atom is -0.465 e. The minimum atomic E-state index is -0.883. The van der Waals surface area contributed by atoms with Gasteiger partial charge in [-0.2, -0.15) is 0 Å². The standard InChI is InChI=1S/C9H11ClN4O2/c10-7-1-2-11-8(12-7)13-3-5-14(6-4-13)9(15)16/h1-2H,3-6H2,(H,15,16). The number of carbonyl (C=O) groups is 1. The maximum atomic E-state index is 10.7. The Hall–Kier alpha value is -1.56. The molecule has 1 aliphatic rings. The third-order valence-corrected chi connectivity index (χ3v) is 2.65. The minimum absolute atomic E-state index is 0.394. The summed E-state index contributed by atoms with van der Waals surface area (Å²) in [6, 6.07) is 1.61. The Morgan fingerprint density at radius 1 is 1.38 bits per heavy atom. The molecule has 86 valence electrons. The summed E-state index contributed by atoms with van der Waals surface area (Å²) in [5, 5.41) is 9.19. The van der Waals surface area contributed by atoms with Gasteiger partial charge in [0.05, 0.1) is 0 Å². The van der Waals surface area contributed by atoms with Gasteiger partial charge in [-0.1, -0.05) is 11.6 Å². The van der Waals surface area contributed by atoms with Crippen molar-refractivity contribution in [3.63, 3.8) is 0 Å². The van der Waals surface area contributed by atoms with Crippen LogP contribution in [0.5, 0.6) is 0 Å². The Morgan fingerprint density at radius 2 is 2.06 bits per heavy atom. The lowest BCUT2D eigenvalue weighted by atomic mass is 10.3. The number of carboxylic acid groups (broad SMARTS) is 1. The molecule has 0 aliphatic carbocycles. The SMILES string of the molecule is O=C(O)N1CCN(c2nccc(Cl)n2)CC1. The van der Waals surface area contributed by atoms with Crippen molar-refractivity contribution in [2.45, 2.75) is 0 Å². The molecule has 0 atom stereocenters. The zero-order valence-corrected chi connectivity index (χ0v) is 9.26. The van der Waals surface area contributed by atoms with Crippen molar-refractivity contribution in [1.29, 1.82) is 0 Å². The molecule has 0 bridgehead atoms. The highest BCUT2D eigenvalue weighted by Gasteiger charge is 2.21. The number of halogens is 1. The van der Waals surface area contributed by atoms with Gasteiger partial charge < -0.3 is 14.9 Å². The first-order chi connectivity index (χ1) is 7.66. The van der Waals surface area contributed by atoms with Crippen molar-refractivity contribution < 1.29 is 9.90 Å². The molecular weight excluding hydrogens is 232 g/mol. The van der Waals surface area contributed by atoms with E-state index in [9.17, 15) is 4.79 Å². The average Bonchev–Trinajstić information content (AvgIpc) is 2.29. The van der Waals surface area contributed by atoms with Crippen molar-refractivity contribution in [2.24, 2.45) is 0 Å². The van der Waals surface area contributed by atoms with Crippen LogP contribution < -0.4 is 4.90 Å². The van der Waals surface area contributed by atoms with Gasteiger partial charge in [-0.3, -0.25) is 0 Å². The molecule has 1 aromatic rings. The van der Waals surface area contributed by atoms with E-state index in [0.29, 0.717) is 37.3 Å². The van der Waals surface area contributed by atoms with E-state index in [-0.39, 0.29) is 0 Å². The Balaban J connectivity index is 2.01. The van der Waals surface area contributed by atoms with E-state index in [1.807, 2.05) is 4.90 Å². The zero-order valence-electron chi connectivity index (χ0n) is 8.51. The molecule has 0 radical (unpaired) electrons. The second-order valence-electron chi connectivity index (χ2n) is 3.44. The fourth-order valence-corrected chi connectivity index (χ4v) is 1.71. The van der Waals surface area contributed by atoms with Gasteiger partial charge in [-0.15, -0.1) is 0 Å². The molecule has 0 saturated carbocycles. The summed E-state index contributed by atoms with van der Waals surface area (Å²) in [4.78, 5) is 22.2. The maximum absolute atomic E-state index is 10.7. The maximum Gasteiger partial charge on any atom is 0.407 e. The summed E-state index contributed by atoms with van der Waals surface area (Å²) in [7, 11) is 0. The summed E-state index contributed by atoms with van der Waals surface area (Å²) < 4.78 is 0. The molecule has 6 nitrogen and oxygen atoms in total. The van der Waals surface area contributed by atoms with E-state index in [4.69, 9.17) is 16.7 Å². The Bertz CT molecular complexity index is 393. The predicted molar refractivity (Wildman–Crippen MR) is 58.9 cm³/mol. The van der Waals surface area contributed by atoms with Crippen molar-refractivity contribution >= 4 is 23.6 Å². The van der Waals surface area contributed by atoms with E-state index in [1.54, 1.807) is 12.3 Å². The van der Waals surface area contributed by atoms with Gasteiger partial charge in [0.15, 0.2) is 0 Å². The van der Waals surface area contributed by atoms with Crippen LogP contribution in [-0.2, 0) is 0 Å². The van der Waals surface area contributed by atoms with Crippen LogP contribution in [0, 0.1) is 0 Å². The molecule has 7 heteroatoms. The van der Waals surface area contributed by atoms with Crippen LogP contribution in [0.2, 0.25) is 5.15 Å². The second kappa shape index (κ2) is 4.52. The van der Waals surface area contributed by atoms with Crippen LogP contribution >= 0.6 is 11.6 Å². The third-order valence-electron chi connectivity index (χ3n) is 2.44. The van der Waals surface area contributed by atoms with Crippen LogP contribution in [0.3, 0.4) is 0 Å². The van der Waals surface area contributed by atoms with E-state index in [0.717, 1.165) is 0 Å². The van der Waals surface area contributed by atoms with E-state index in [2.05, 4.69) is 9.97 Å². The Morgan fingerprint density at radius 3 is 2.62 bits per heavy atom. The lowest BCUT2D eigenvalue weighted by molar-refractivity contribution is 0.142. The van der Waals surface area contributed by atoms with E-state index >= 15 is 0 Å². The fourth-order valence-electron chi connectivity index (χ4n) is 1.58. The predicted octanol–water partition coefficient (Wildman–Crippen LogP) is 0.930. The summed E-state index contributed by atoms with van der Waals surface area (Å²) in [5.74, 6) is 0.553. The van der Waals surface area contributed by atoms with Crippen molar-refractivity contribution in [1.82, 2.24) is 14.9 Å². The second-order valence-corrected chi connectivity index (χ2v) is 3.82. The molecule has 1 aliphatic heterocycles. The first-order valence-corrected chi connectivity index (χ1v) is 5.26.